The molecule has 0 aliphatic carbocycles. The fourth-order valence-electron chi connectivity index (χ4n) is 2.49. The van der Waals surface area contributed by atoms with Gasteiger partial charge in [-0.25, -0.2) is 0 Å². The van der Waals surface area contributed by atoms with Crippen LogP contribution in [0, 0.1) is 5.92 Å². The zero-order chi connectivity index (χ0) is 15.1. The molecule has 1 heterocycles. The molecule has 0 saturated carbocycles. The van der Waals surface area contributed by atoms with Gasteiger partial charge < -0.3 is 15.3 Å². The molecule has 1 fully saturated rings. The first-order chi connectivity index (χ1) is 9.43. The molecule has 124 valence electrons. The third-order valence-corrected chi connectivity index (χ3v) is 3.84. The quantitative estimate of drug-likeness (QED) is 0.653. The standard InChI is InChI=1S/C16H29NO3.ClH/c1-12(2)5-4-6-13(3)7-8-17-9-14(11-18)16(20)15(19)10-17;/h5,7,14-16,18-20H,4,6,8-11H2,1-3H3;1H/b13-7+;/t14-,15-,16-;/m1./s1. The SMILES string of the molecule is CC(C)=CCC/C(C)=C/CN1C[C@H](CO)[C@@H](O)[C@H](O)C1.Cl. The summed E-state index contributed by atoms with van der Waals surface area (Å²) in [4.78, 5) is 2.09. The molecule has 0 aromatic rings. The molecule has 0 amide bonds. The predicted molar refractivity (Wildman–Crippen MR) is 88.7 cm³/mol. The first-order valence-corrected chi connectivity index (χ1v) is 7.42. The molecule has 1 aliphatic rings. The highest BCUT2D eigenvalue weighted by atomic mass is 35.5. The lowest BCUT2D eigenvalue weighted by molar-refractivity contribution is -0.0836. The summed E-state index contributed by atoms with van der Waals surface area (Å²) in [5.41, 5.74) is 2.68. The number of β-amino-alcohol motifs (C(OH)–C–C–N with tert-alkyl or cyclic N) is 1. The van der Waals surface area contributed by atoms with Crippen LogP contribution in [-0.2, 0) is 0 Å². The Morgan fingerprint density at radius 3 is 2.38 bits per heavy atom. The van der Waals surface area contributed by atoms with Crippen LogP contribution < -0.4 is 0 Å². The molecular weight excluding hydrogens is 290 g/mol. The van der Waals surface area contributed by atoms with E-state index in [2.05, 4.69) is 37.8 Å². The van der Waals surface area contributed by atoms with Gasteiger partial charge in [0.15, 0.2) is 0 Å². The van der Waals surface area contributed by atoms with Crippen LogP contribution in [-0.4, -0.2) is 58.7 Å². The Labute approximate surface area is 134 Å². The van der Waals surface area contributed by atoms with Gasteiger partial charge in [0.25, 0.3) is 0 Å². The van der Waals surface area contributed by atoms with Gasteiger partial charge in [0.2, 0.25) is 0 Å². The van der Waals surface area contributed by atoms with Crippen LogP contribution in [0.25, 0.3) is 0 Å². The normalized spacial score (nSPS) is 27.1. The highest BCUT2D eigenvalue weighted by Crippen LogP contribution is 2.18. The first kappa shape index (κ1) is 20.6. The Balaban J connectivity index is 0.00000400. The maximum absolute atomic E-state index is 9.79. The minimum absolute atomic E-state index is 0. The van der Waals surface area contributed by atoms with Crippen molar-refractivity contribution in [3.05, 3.63) is 23.3 Å². The average molecular weight is 320 g/mol. The van der Waals surface area contributed by atoms with Gasteiger partial charge in [0.05, 0.1) is 12.2 Å². The van der Waals surface area contributed by atoms with Crippen molar-refractivity contribution in [3.63, 3.8) is 0 Å². The highest BCUT2D eigenvalue weighted by molar-refractivity contribution is 5.85. The molecular formula is C16H30ClNO3. The molecule has 0 spiro atoms. The summed E-state index contributed by atoms with van der Waals surface area (Å²) >= 11 is 0. The molecule has 0 bridgehead atoms. The average Bonchev–Trinajstić information content (AvgIpc) is 2.39. The number of rotatable bonds is 6. The molecule has 4 nitrogen and oxygen atoms in total. The zero-order valence-electron chi connectivity index (χ0n) is 13.3. The van der Waals surface area contributed by atoms with E-state index >= 15 is 0 Å². The van der Waals surface area contributed by atoms with Crippen LogP contribution in [0.1, 0.15) is 33.6 Å². The summed E-state index contributed by atoms with van der Waals surface area (Å²) in [5.74, 6) is -0.252. The van der Waals surface area contributed by atoms with Gasteiger partial charge >= 0.3 is 0 Å². The highest BCUT2D eigenvalue weighted by Gasteiger charge is 2.33. The van der Waals surface area contributed by atoms with E-state index in [0.717, 1.165) is 19.4 Å². The fraction of sp³-hybridized carbons (Fsp3) is 0.750. The predicted octanol–water partition coefficient (Wildman–Crippen LogP) is 1.75. The van der Waals surface area contributed by atoms with Gasteiger partial charge in [-0.2, -0.15) is 0 Å². The van der Waals surface area contributed by atoms with Gasteiger partial charge in [0, 0.05) is 32.2 Å². The fourth-order valence-corrected chi connectivity index (χ4v) is 2.49. The molecule has 0 aromatic carbocycles. The Morgan fingerprint density at radius 2 is 1.81 bits per heavy atom. The Hall–Kier alpha value is -0.390. The van der Waals surface area contributed by atoms with E-state index in [1.807, 2.05) is 0 Å². The lowest BCUT2D eigenvalue weighted by Crippen LogP contribution is -2.53. The number of allylic oxidation sites excluding steroid dienone is 3. The smallest absolute Gasteiger partial charge is 0.0929 e. The van der Waals surface area contributed by atoms with E-state index in [1.165, 1.54) is 11.1 Å². The third kappa shape index (κ3) is 7.43. The molecule has 0 unspecified atom stereocenters. The Bertz CT molecular complexity index is 353. The molecule has 1 saturated heterocycles. The summed E-state index contributed by atoms with van der Waals surface area (Å²) in [5, 5.41) is 28.8. The van der Waals surface area contributed by atoms with Crippen molar-refractivity contribution in [3.8, 4) is 0 Å². The number of likely N-dealkylation sites (tertiary alicyclic amines) is 1. The van der Waals surface area contributed by atoms with Crippen molar-refractivity contribution < 1.29 is 15.3 Å². The van der Waals surface area contributed by atoms with E-state index in [0.29, 0.717) is 13.1 Å². The summed E-state index contributed by atoms with van der Waals surface area (Å²) in [6, 6.07) is 0. The van der Waals surface area contributed by atoms with Crippen LogP contribution in [0.3, 0.4) is 0 Å². The van der Waals surface area contributed by atoms with Gasteiger partial charge in [0.1, 0.15) is 0 Å². The molecule has 0 aromatic heterocycles. The lowest BCUT2D eigenvalue weighted by Gasteiger charge is -2.38. The minimum Gasteiger partial charge on any atom is -0.396 e. The van der Waals surface area contributed by atoms with Crippen LogP contribution in [0.15, 0.2) is 23.3 Å². The third-order valence-electron chi connectivity index (χ3n) is 3.84. The molecule has 5 heteroatoms. The number of aliphatic hydroxyl groups excluding tert-OH is 3. The van der Waals surface area contributed by atoms with Gasteiger partial charge in [-0.1, -0.05) is 23.3 Å². The maximum Gasteiger partial charge on any atom is 0.0929 e. The second kappa shape index (κ2) is 10.4. The van der Waals surface area contributed by atoms with Crippen LogP contribution in [0.4, 0.5) is 0 Å². The van der Waals surface area contributed by atoms with Crippen LogP contribution in [0.2, 0.25) is 0 Å². The second-order valence-electron chi connectivity index (χ2n) is 6.09. The van der Waals surface area contributed by atoms with E-state index in [9.17, 15) is 15.3 Å². The lowest BCUT2D eigenvalue weighted by atomic mass is 9.93. The van der Waals surface area contributed by atoms with E-state index in [-0.39, 0.29) is 24.9 Å². The van der Waals surface area contributed by atoms with Gasteiger partial charge in [-0.3, -0.25) is 4.90 Å². The van der Waals surface area contributed by atoms with Crippen molar-refractivity contribution in [1.82, 2.24) is 4.90 Å². The summed E-state index contributed by atoms with van der Waals surface area (Å²) in [6.07, 6.45) is 4.95. The minimum atomic E-state index is -0.806. The Morgan fingerprint density at radius 1 is 1.14 bits per heavy atom. The molecule has 1 rings (SSSR count). The Kier molecular flexibility index (Phi) is 10.2. The summed E-state index contributed by atoms with van der Waals surface area (Å²) in [7, 11) is 0. The van der Waals surface area contributed by atoms with Gasteiger partial charge in [-0.15, -0.1) is 12.4 Å². The number of piperidine rings is 1. The number of nitrogens with zero attached hydrogens (tertiary/aromatic N) is 1. The van der Waals surface area contributed by atoms with Crippen molar-refractivity contribution >= 4 is 12.4 Å². The zero-order valence-corrected chi connectivity index (χ0v) is 14.1. The number of halogens is 1. The number of aliphatic hydroxyl groups is 3. The van der Waals surface area contributed by atoms with Crippen molar-refractivity contribution in [2.45, 2.75) is 45.8 Å². The molecule has 21 heavy (non-hydrogen) atoms. The largest absolute Gasteiger partial charge is 0.396 e. The van der Waals surface area contributed by atoms with Gasteiger partial charge in [-0.05, 0) is 33.6 Å². The number of hydrogen-bond acceptors (Lipinski definition) is 4. The second-order valence-corrected chi connectivity index (χ2v) is 6.09. The van der Waals surface area contributed by atoms with Crippen molar-refractivity contribution in [1.29, 1.82) is 0 Å². The van der Waals surface area contributed by atoms with E-state index in [1.54, 1.807) is 0 Å². The topological polar surface area (TPSA) is 63.9 Å². The summed E-state index contributed by atoms with van der Waals surface area (Å²) in [6.45, 7) is 8.11. The summed E-state index contributed by atoms with van der Waals surface area (Å²) < 4.78 is 0. The molecule has 1 aliphatic heterocycles. The van der Waals surface area contributed by atoms with Crippen LogP contribution in [0.5, 0.6) is 0 Å². The van der Waals surface area contributed by atoms with E-state index in [4.69, 9.17) is 0 Å². The number of hydrogen-bond donors (Lipinski definition) is 3. The van der Waals surface area contributed by atoms with Crippen LogP contribution >= 0.6 is 12.4 Å². The maximum atomic E-state index is 9.79. The monoisotopic (exact) mass is 319 g/mol. The van der Waals surface area contributed by atoms with Crippen molar-refractivity contribution in [2.75, 3.05) is 26.2 Å². The molecule has 3 N–H and O–H groups in total. The first-order valence-electron chi connectivity index (χ1n) is 7.42. The molecule has 3 atom stereocenters. The molecule has 0 radical (unpaired) electrons. The van der Waals surface area contributed by atoms with E-state index < -0.39 is 12.2 Å². The van der Waals surface area contributed by atoms with Crippen molar-refractivity contribution in [2.24, 2.45) is 5.92 Å².